The maximum Gasteiger partial charge on any atom is 0.222 e. The van der Waals surface area contributed by atoms with Crippen LogP contribution >= 0.6 is 11.8 Å². The Morgan fingerprint density at radius 2 is 1.74 bits per heavy atom. The molecule has 8 heteroatoms. The molecule has 0 aliphatic rings. The number of amides is 2. The minimum Gasteiger partial charge on any atom is -0.379 e. The first-order valence-corrected chi connectivity index (χ1v) is 8.86. The maximum absolute atomic E-state index is 11.5. The van der Waals surface area contributed by atoms with Crippen LogP contribution in [-0.4, -0.2) is 60.9 Å². The number of ketones is 1. The Hall–Kier alpha value is -1.12. The molecular weight excluding hydrogens is 318 g/mol. The van der Waals surface area contributed by atoms with Crippen LogP contribution in [0.2, 0.25) is 0 Å². The lowest BCUT2D eigenvalue weighted by Gasteiger charge is -2.09. The van der Waals surface area contributed by atoms with E-state index in [4.69, 9.17) is 10.5 Å². The lowest BCUT2D eigenvalue weighted by Crippen LogP contribution is -2.37. The summed E-state index contributed by atoms with van der Waals surface area (Å²) in [6.07, 6.45) is 0.279. The van der Waals surface area contributed by atoms with Gasteiger partial charge in [-0.25, -0.2) is 0 Å². The van der Waals surface area contributed by atoms with Crippen molar-refractivity contribution in [2.45, 2.75) is 44.9 Å². The molecule has 0 aromatic heterocycles. The largest absolute Gasteiger partial charge is 0.379 e. The molecule has 0 saturated carbocycles. The lowest BCUT2D eigenvalue weighted by atomic mass is 10.1. The molecule has 2 amide bonds. The molecule has 0 saturated heterocycles. The Morgan fingerprint density at radius 3 is 2.35 bits per heavy atom. The number of thioether (sulfide) groups is 1. The maximum atomic E-state index is 11.5. The van der Waals surface area contributed by atoms with Crippen LogP contribution in [-0.2, 0) is 19.1 Å². The fourth-order valence-electron chi connectivity index (χ4n) is 1.52. The van der Waals surface area contributed by atoms with E-state index in [0.29, 0.717) is 38.0 Å². The van der Waals surface area contributed by atoms with Gasteiger partial charge in [-0.2, -0.15) is 11.8 Å². The van der Waals surface area contributed by atoms with Crippen LogP contribution in [0, 0.1) is 0 Å². The fourth-order valence-corrected chi connectivity index (χ4v) is 2.21. The van der Waals surface area contributed by atoms with Crippen LogP contribution in [0.15, 0.2) is 0 Å². The van der Waals surface area contributed by atoms with Crippen molar-refractivity contribution in [3.63, 3.8) is 0 Å². The van der Waals surface area contributed by atoms with Gasteiger partial charge in [0.25, 0.3) is 0 Å². The van der Waals surface area contributed by atoms with Gasteiger partial charge in [-0.3, -0.25) is 14.4 Å². The highest BCUT2D eigenvalue weighted by atomic mass is 32.2. The van der Waals surface area contributed by atoms with Gasteiger partial charge in [-0.05, 0) is 12.2 Å². The first-order valence-electron chi connectivity index (χ1n) is 7.81. The van der Waals surface area contributed by atoms with Crippen molar-refractivity contribution in [3.8, 4) is 0 Å². The monoisotopic (exact) mass is 347 g/mol. The van der Waals surface area contributed by atoms with Crippen molar-refractivity contribution in [3.05, 3.63) is 0 Å². The third kappa shape index (κ3) is 14.2. The second-order valence-corrected chi connectivity index (χ2v) is 7.09. The smallest absolute Gasteiger partial charge is 0.222 e. The van der Waals surface area contributed by atoms with Crippen molar-refractivity contribution >= 4 is 29.4 Å². The molecule has 0 aliphatic heterocycles. The molecular formula is C15H29N3O4S. The summed E-state index contributed by atoms with van der Waals surface area (Å²) in [6.45, 7) is 7.21. The van der Waals surface area contributed by atoms with E-state index in [2.05, 4.69) is 24.5 Å². The van der Waals surface area contributed by atoms with Crippen LogP contribution < -0.4 is 16.4 Å². The van der Waals surface area contributed by atoms with E-state index in [1.807, 2.05) is 0 Å². The number of nitrogens with one attached hydrogen (secondary N) is 2. The second-order valence-electron chi connectivity index (χ2n) is 5.40. The molecule has 1 atom stereocenters. The topological polar surface area (TPSA) is 111 Å². The highest BCUT2D eigenvalue weighted by Gasteiger charge is 2.12. The normalized spacial score (nSPS) is 12.0. The van der Waals surface area contributed by atoms with E-state index in [-0.39, 0.29) is 24.0 Å². The minimum atomic E-state index is -0.756. The standard InChI is InChI=1S/C15H29N3O4S/c1-11(2)23-9-6-18-14(20)4-7-22-8-5-17-15(21)10-13(16)12(3)19/h11,13H,4-10,16H2,1-3H3,(H,17,21)(H,18,20)/t13-/m1/s1. The van der Waals surface area contributed by atoms with Crippen molar-refractivity contribution < 1.29 is 19.1 Å². The zero-order chi connectivity index (χ0) is 17.7. The van der Waals surface area contributed by atoms with Gasteiger partial charge in [0.2, 0.25) is 11.8 Å². The Kier molecular flexibility index (Phi) is 12.7. The quantitative estimate of drug-likeness (QED) is 0.407. The molecule has 0 aromatic carbocycles. The Bertz CT molecular complexity index is 378. The fraction of sp³-hybridized carbons (Fsp3) is 0.800. The molecule has 0 unspecified atom stereocenters. The molecule has 0 spiro atoms. The van der Waals surface area contributed by atoms with Gasteiger partial charge in [0.05, 0.1) is 19.3 Å². The summed E-state index contributed by atoms with van der Waals surface area (Å²) in [5.41, 5.74) is 5.48. The molecule has 134 valence electrons. The van der Waals surface area contributed by atoms with Gasteiger partial charge >= 0.3 is 0 Å². The van der Waals surface area contributed by atoms with Crippen LogP contribution in [0.4, 0.5) is 0 Å². The molecule has 4 N–H and O–H groups in total. The number of carbonyl (C=O) groups is 3. The van der Waals surface area contributed by atoms with Crippen molar-refractivity contribution in [1.29, 1.82) is 0 Å². The molecule has 0 heterocycles. The predicted molar refractivity (Wildman–Crippen MR) is 92.3 cm³/mol. The van der Waals surface area contributed by atoms with Gasteiger partial charge in [-0.1, -0.05) is 13.8 Å². The summed E-state index contributed by atoms with van der Waals surface area (Å²) in [6, 6.07) is -0.756. The molecule has 0 fully saturated rings. The van der Waals surface area contributed by atoms with Crippen LogP contribution in [0.1, 0.15) is 33.6 Å². The summed E-state index contributed by atoms with van der Waals surface area (Å²) in [7, 11) is 0. The summed E-state index contributed by atoms with van der Waals surface area (Å²) in [4.78, 5) is 33.8. The number of Topliss-reactive ketones (excluding diaryl/α,β-unsaturated/α-hetero) is 1. The van der Waals surface area contributed by atoms with Gasteiger partial charge in [0.15, 0.2) is 0 Å². The molecule has 7 nitrogen and oxygen atoms in total. The van der Waals surface area contributed by atoms with Gasteiger partial charge in [-0.15, -0.1) is 0 Å². The van der Waals surface area contributed by atoms with Gasteiger partial charge in [0.1, 0.15) is 5.78 Å². The molecule has 0 rings (SSSR count). The highest BCUT2D eigenvalue weighted by molar-refractivity contribution is 7.99. The third-order valence-corrected chi connectivity index (χ3v) is 3.95. The average Bonchev–Trinajstić information content (AvgIpc) is 2.46. The minimum absolute atomic E-state index is 0.0217. The molecule has 0 aromatic rings. The average molecular weight is 347 g/mol. The number of hydrogen-bond donors (Lipinski definition) is 3. The lowest BCUT2D eigenvalue weighted by molar-refractivity contribution is -0.125. The summed E-state index contributed by atoms with van der Waals surface area (Å²) >= 11 is 1.80. The first kappa shape index (κ1) is 21.9. The van der Waals surface area contributed by atoms with Gasteiger partial charge < -0.3 is 21.1 Å². The number of rotatable bonds is 13. The summed E-state index contributed by atoms with van der Waals surface area (Å²) < 4.78 is 5.27. The number of ether oxygens (including phenoxy) is 1. The van der Waals surface area contributed by atoms with E-state index in [0.717, 1.165) is 5.75 Å². The number of nitrogens with two attached hydrogens (primary N) is 1. The van der Waals surface area contributed by atoms with Crippen LogP contribution in [0.3, 0.4) is 0 Å². The zero-order valence-corrected chi connectivity index (χ0v) is 15.0. The van der Waals surface area contributed by atoms with E-state index in [1.165, 1.54) is 6.92 Å². The van der Waals surface area contributed by atoms with Crippen LogP contribution in [0.5, 0.6) is 0 Å². The van der Waals surface area contributed by atoms with Gasteiger partial charge in [0, 0.05) is 31.7 Å². The van der Waals surface area contributed by atoms with Crippen molar-refractivity contribution in [2.75, 3.05) is 32.1 Å². The molecule has 23 heavy (non-hydrogen) atoms. The van der Waals surface area contributed by atoms with Crippen molar-refractivity contribution in [1.82, 2.24) is 10.6 Å². The Morgan fingerprint density at radius 1 is 1.09 bits per heavy atom. The number of hydrogen-bond acceptors (Lipinski definition) is 6. The second kappa shape index (κ2) is 13.3. The van der Waals surface area contributed by atoms with E-state index >= 15 is 0 Å². The predicted octanol–water partition coefficient (Wildman–Crippen LogP) is 0.0735. The van der Waals surface area contributed by atoms with Crippen LogP contribution in [0.25, 0.3) is 0 Å². The zero-order valence-electron chi connectivity index (χ0n) is 14.2. The highest BCUT2D eigenvalue weighted by Crippen LogP contribution is 2.06. The van der Waals surface area contributed by atoms with E-state index in [1.54, 1.807) is 11.8 Å². The molecule has 0 bridgehead atoms. The van der Waals surface area contributed by atoms with E-state index in [9.17, 15) is 14.4 Å². The SMILES string of the molecule is CC(=O)[C@H](N)CC(=O)NCCOCCC(=O)NCCSC(C)C. The number of carbonyl (C=O) groups excluding carboxylic acids is 3. The van der Waals surface area contributed by atoms with Crippen molar-refractivity contribution in [2.24, 2.45) is 5.73 Å². The molecule has 0 aliphatic carbocycles. The Balaban J connectivity index is 3.46. The summed E-state index contributed by atoms with van der Waals surface area (Å²) in [5.74, 6) is 0.371. The third-order valence-electron chi connectivity index (χ3n) is 2.84. The van der Waals surface area contributed by atoms with E-state index < -0.39 is 6.04 Å². The first-order chi connectivity index (χ1) is 10.8. The summed E-state index contributed by atoms with van der Waals surface area (Å²) in [5, 5.41) is 6.00. The molecule has 0 radical (unpaired) electrons. The Labute approximate surface area is 142 Å².